The van der Waals surface area contributed by atoms with Gasteiger partial charge in [-0.15, -0.1) is 0 Å². The maximum atomic E-state index is 13.0. The number of piperidine rings is 1. The Labute approximate surface area is 216 Å². The maximum absolute atomic E-state index is 13.0. The van der Waals surface area contributed by atoms with Crippen molar-refractivity contribution in [2.24, 2.45) is 5.92 Å². The molecule has 0 spiro atoms. The molecule has 0 radical (unpaired) electrons. The van der Waals surface area contributed by atoms with Gasteiger partial charge in [-0.3, -0.25) is 9.59 Å². The zero-order valence-corrected chi connectivity index (χ0v) is 21.3. The quantitative estimate of drug-likeness (QED) is 0.454. The fraction of sp³-hybridized carbons (Fsp3) is 0.259. The normalized spacial score (nSPS) is 14.8. The van der Waals surface area contributed by atoms with Crippen LogP contribution in [0.2, 0.25) is 5.02 Å². The van der Waals surface area contributed by atoms with Gasteiger partial charge >= 0.3 is 0 Å². The minimum absolute atomic E-state index is 0.105. The van der Waals surface area contributed by atoms with E-state index in [2.05, 4.69) is 10.6 Å². The largest absolute Gasteiger partial charge is 0.348 e. The lowest BCUT2D eigenvalue weighted by atomic mass is 9.97. The average Bonchev–Trinajstić information content (AvgIpc) is 2.89. The molecule has 1 fully saturated rings. The second-order valence-electron chi connectivity index (χ2n) is 8.76. The van der Waals surface area contributed by atoms with Gasteiger partial charge in [-0.05, 0) is 48.2 Å². The van der Waals surface area contributed by atoms with Crippen LogP contribution in [-0.2, 0) is 27.1 Å². The molecule has 188 valence electrons. The van der Waals surface area contributed by atoms with Crippen LogP contribution in [0.25, 0.3) is 0 Å². The average molecular weight is 526 g/mol. The number of rotatable bonds is 8. The van der Waals surface area contributed by atoms with Gasteiger partial charge < -0.3 is 10.6 Å². The van der Waals surface area contributed by atoms with Crippen LogP contribution in [0.15, 0.2) is 78.9 Å². The zero-order valence-electron chi connectivity index (χ0n) is 19.7. The molecule has 1 heterocycles. The van der Waals surface area contributed by atoms with Gasteiger partial charge in [0.05, 0.1) is 17.0 Å². The number of anilines is 1. The fourth-order valence-corrected chi connectivity index (χ4v) is 5.87. The van der Waals surface area contributed by atoms with E-state index in [1.807, 2.05) is 30.3 Å². The third-order valence-corrected chi connectivity index (χ3v) is 8.31. The first-order chi connectivity index (χ1) is 17.3. The van der Waals surface area contributed by atoms with Crippen LogP contribution in [-0.4, -0.2) is 37.6 Å². The number of sulfonamides is 1. The number of halogens is 1. The summed E-state index contributed by atoms with van der Waals surface area (Å²) in [5.41, 5.74) is 2.46. The molecule has 1 aliphatic heterocycles. The summed E-state index contributed by atoms with van der Waals surface area (Å²) in [6, 6.07) is 23.2. The van der Waals surface area contributed by atoms with Crippen molar-refractivity contribution in [3.8, 4) is 0 Å². The number of hydrogen-bond acceptors (Lipinski definition) is 4. The number of para-hydroxylation sites is 1. The highest BCUT2D eigenvalue weighted by molar-refractivity contribution is 7.88. The number of carbonyl (C=O) groups excluding carboxylic acids is 2. The van der Waals surface area contributed by atoms with Gasteiger partial charge in [0.1, 0.15) is 0 Å². The number of carbonyl (C=O) groups is 2. The standard InChI is InChI=1S/C27H28ClN3O4S/c28-23-12-10-21(11-13-23)19-36(34,35)31-16-14-22(15-17-31)26(32)30-25-9-5-4-8-24(25)27(33)29-18-20-6-2-1-3-7-20/h1-13,22H,14-19H2,(H,29,33)(H,30,32). The third-order valence-electron chi connectivity index (χ3n) is 6.21. The smallest absolute Gasteiger partial charge is 0.253 e. The second-order valence-corrected chi connectivity index (χ2v) is 11.2. The Bertz CT molecular complexity index is 1310. The number of hydrogen-bond donors (Lipinski definition) is 2. The molecule has 0 atom stereocenters. The predicted molar refractivity (Wildman–Crippen MR) is 141 cm³/mol. The first-order valence-corrected chi connectivity index (χ1v) is 13.7. The lowest BCUT2D eigenvalue weighted by Crippen LogP contribution is -2.42. The molecule has 3 aromatic carbocycles. The summed E-state index contributed by atoms with van der Waals surface area (Å²) in [5.74, 6) is -0.940. The molecule has 0 bridgehead atoms. The molecule has 9 heteroatoms. The van der Waals surface area contributed by atoms with Crippen LogP contribution in [0.3, 0.4) is 0 Å². The molecule has 4 rings (SSSR count). The van der Waals surface area contributed by atoms with Crippen molar-refractivity contribution in [3.05, 3.63) is 101 Å². The minimum Gasteiger partial charge on any atom is -0.348 e. The Balaban J connectivity index is 1.33. The fourth-order valence-electron chi connectivity index (χ4n) is 4.18. The molecule has 0 unspecified atom stereocenters. The Kier molecular flexibility index (Phi) is 8.40. The van der Waals surface area contributed by atoms with Crippen LogP contribution in [0.1, 0.15) is 34.3 Å². The Morgan fingerprint density at radius 3 is 2.19 bits per heavy atom. The molecule has 7 nitrogen and oxygen atoms in total. The van der Waals surface area contributed by atoms with Gasteiger partial charge in [-0.1, -0.05) is 66.2 Å². The van der Waals surface area contributed by atoms with Gasteiger partial charge in [-0.25, -0.2) is 12.7 Å². The van der Waals surface area contributed by atoms with E-state index in [1.165, 1.54) is 4.31 Å². The van der Waals surface area contributed by atoms with E-state index in [9.17, 15) is 18.0 Å². The number of amides is 2. The zero-order chi connectivity index (χ0) is 25.5. The van der Waals surface area contributed by atoms with E-state index in [-0.39, 0.29) is 36.6 Å². The summed E-state index contributed by atoms with van der Waals surface area (Å²) in [5, 5.41) is 6.31. The van der Waals surface area contributed by atoms with Crippen molar-refractivity contribution in [2.45, 2.75) is 25.1 Å². The van der Waals surface area contributed by atoms with Gasteiger partial charge in [-0.2, -0.15) is 0 Å². The third kappa shape index (κ3) is 6.72. The van der Waals surface area contributed by atoms with Gasteiger partial charge in [0.15, 0.2) is 0 Å². The highest BCUT2D eigenvalue weighted by atomic mass is 35.5. The van der Waals surface area contributed by atoms with Crippen LogP contribution in [0.4, 0.5) is 5.69 Å². The van der Waals surface area contributed by atoms with E-state index >= 15 is 0 Å². The summed E-state index contributed by atoms with van der Waals surface area (Å²) in [7, 11) is -3.50. The van der Waals surface area contributed by atoms with Crippen molar-refractivity contribution in [2.75, 3.05) is 18.4 Å². The van der Waals surface area contributed by atoms with E-state index < -0.39 is 10.0 Å². The van der Waals surface area contributed by atoms with Gasteiger partial charge in [0.25, 0.3) is 5.91 Å². The SMILES string of the molecule is O=C(NCc1ccccc1)c1ccccc1NC(=O)C1CCN(S(=O)(=O)Cc2ccc(Cl)cc2)CC1. The van der Waals surface area contributed by atoms with Crippen LogP contribution in [0.5, 0.6) is 0 Å². The lowest BCUT2D eigenvalue weighted by molar-refractivity contribution is -0.120. The Morgan fingerprint density at radius 1 is 0.861 bits per heavy atom. The monoisotopic (exact) mass is 525 g/mol. The summed E-state index contributed by atoms with van der Waals surface area (Å²) in [6.45, 7) is 0.922. The number of nitrogens with zero attached hydrogens (tertiary/aromatic N) is 1. The Hall–Kier alpha value is -3.20. The van der Waals surface area contributed by atoms with Crippen molar-refractivity contribution in [1.82, 2.24) is 9.62 Å². The van der Waals surface area contributed by atoms with Crippen LogP contribution in [0, 0.1) is 5.92 Å². The molecule has 3 aromatic rings. The molecule has 0 aromatic heterocycles. The van der Waals surface area contributed by atoms with Gasteiger partial charge in [0.2, 0.25) is 15.9 Å². The van der Waals surface area contributed by atoms with E-state index in [1.54, 1.807) is 48.5 Å². The summed E-state index contributed by atoms with van der Waals surface area (Å²) >= 11 is 5.88. The topological polar surface area (TPSA) is 95.6 Å². The first kappa shape index (κ1) is 25.9. The molecule has 1 saturated heterocycles. The highest BCUT2D eigenvalue weighted by Gasteiger charge is 2.31. The number of nitrogens with one attached hydrogen (secondary N) is 2. The molecular weight excluding hydrogens is 498 g/mol. The second kappa shape index (κ2) is 11.7. The van der Waals surface area contributed by atoms with Crippen molar-refractivity contribution in [3.63, 3.8) is 0 Å². The van der Waals surface area contributed by atoms with Crippen molar-refractivity contribution in [1.29, 1.82) is 0 Å². The molecular formula is C27H28ClN3O4S. The summed E-state index contributed by atoms with van der Waals surface area (Å²) in [4.78, 5) is 25.8. The molecule has 36 heavy (non-hydrogen) atoms. The molecule has 0 saturated carbocycles. The van der Waals surface area contributed by atoms with E-state index in [0.717, 1.165) is 5.56 Å². The first-order valence-electron chi connectivity index (χ1n) is 11.8. The van der Waals surface area contributed by atoms with Crippen LogP contribution >= 0.6 is 11.6 Å². The van der Waals surface area contributed by atoms with Crippen molar-refractivity contribution >= 4 is 39.1 Å². The Morgan fingerprint density at radius 2 is 1.50 bits per heavy atom. The molecule has 2 amide bonds. The maximum Gasteiger partial charge on any atom is 0.253 e. The van der Waals surface area contributed by atoms with Gasteiger partial charge in [0, 0.05) is 30.6 Å². The van der Waals surface area contributed by atoms with E-state index in [4.69, 9.17) is 11.6 Å². The minimum atomic E-state index is -3.50. The molecule has 1 aliphatic rings. The summed E-state index contributed by atoms with van der Waals surface area (Å²) in [6.07, 6.45) is 0.822. The van der Waals surface area contributed by atoms with E-state index in [0.29, 0.717) is 41.2 Å². The molecule has 0 aliphatic carbocycles. The summed E-state index contributed by atoms with van der Waals surface area (Å²) < 4.78 is 27.1. The predicted octanol–water partition coefficient (Wildman–Crippen LogP) is 4.45. The van der Waals surface area contributed by atoms with Crippen LogP contribution < -0.4 is 10.6 Å². The highest BCUT2D eigenvalue weighted by Crippen LogP contribution is 2.24. The molecule has 2 N–H and O–H groups in total. The van der Waals surface area contributed by atoms with Crippen molar-refractivity contribution < 1.29 is 18.0 Å². The number of benzene rings is 3. The lowest BCUT2D eigenvalue weighted by Gasteiger charge is -2.30.